The minimum Gasteiger partial charge on any atom is -0.393 e. The minimum atomic E-state index is -0.498. The number of hydrogen-bond donors (Lipinski definition) is 2. The van der Waals surface area contributed by atoms with E-state index >= 15 is 0 Å². The van der Waals surface area contributed by atoms with Crippen molar-refractivity contribution in [3.8, 4) is 0 Å². The Kier molecular flexibility index (Phi) is 8.72. The van der Waals surface area contributed by atoms with Gasteiger partial charge in [0.1, 0.15) is 6.20 Å². The topological polar surface area (TPSA) is 93.8 Å². The van der Waals surface area contributed by atoms with Crippen LogP contribution in [0.1, 0.15) is 33.3 Å². The average Bonchev–Trinajstić information content (AvgIpc) is 2.54. The number of nitrogens with one attached hydrogen (secondary N) is 1. The lowest BCUT2D eigenvalue weighted by atomic mass is 9.85. The number of H-pyrrole nitrogens is 1. The molecule has 0 spiro atoms. The van der Waals surface area contributed by atoms with Crippen LogP contribution < -0.4 is 17.0 Å². The van der Waals surface area contributed by atoms with Crippen molar-refractivity contribution in [2.45, 2.75) is 33.1 Å². The number of aromatic nitrogens is 3. The van der Waals surface area contributed by atoms with Gasteiger partial charge in [-0.1, -0.05) is 56.4 Å². The van der Waals surface area contributed by atoms with Gasteiger partial charge in [0, 0.05) is 12.5 Å². The molecular weight excluding hydrogens is 312 g/mol. The Morgan fingerprint density at radius 2 is 1.74 bits per heavy atom. The summed E-state index contributed by atoms with van der Waals surface area (Å²) in [6.07, 6.45) is 1.04. The van der Waals surface area contributed by atoms with Crippen molar-refractivity contribution in [1.29, 1.82) is 0 Å². The molecule has 126 valence electrons. The Balaban J connectivity index is 0.000000392. The van der Waals surface area contributed by atoms with Crippen LogP contribution in [-0.4, -0.2) is 19.8 Å². The number of aromatic amines is 1. The zero-order valence-electron chi connectivity index (χ0n) is 14.2. The van der Waals surface area contributed by atoms with Crippen molar-refractivity contribution in [2.75, 3.05) is 0 Å². The van der Waals surface area contributed by atoms with E-state index in [0.717, 1.165) is 16.4 Å². The first-order chi connectivity index (χ1) is 10.7. The Hall–Kier alpha value is -2.28. The number of benzene rings is 1. The lowest BCUT2D eigenvalue weighted by molar-refractivity contribution is 0.665. The number of nitrogens with two attached hydrogens (primary N) is 1. The third-order valence-corrected chi connectivity index (χ3v) is 3.49. The summed E-state index contributed by atoms with van der Waals surface area (Å²) in [7, 11) is 1.46. The molecule has 2 rings (SSSR count). The van der Waals surface area contributed by atoms with Gasteiger partial charge in [-0.25, -0.2) is 9.48 Å². The van der Waals surface area contributed by atoms with Crippen molar-refractivity contribution in [3.05, 3.63) is 62.9 Å². The van der Waals surface area contributed by atoms with Crippen LogP contribution in [0.15, 0.2) is 46.1 Å². The summed E-state index contributed by atoms with van der Waals surface area (Å²) in [6, 6.07) is 10.1. The molecule has 0 aliphatic rings. The van der Waals surface area contributed by atoms with E-state index in [-0.39, 0.29) is 5.41 Å². The van der Waals surface area contributed by atoms with E-state index in [1.165, 1.54) is 7.05 Å². The smallest absolute Gasteiger partial charge is 0.344 e. The fourth-order valence-electron chi connectivity index (χ4n) is 1.41. The molecule has 0 aliphatic heterocycles. The molecular formula is C16H24N4O2S. The van der Waals surface area contributed by atoms with Crippen LogP contribution in [0, 0.1) is 0 Å². The standard InChI is InChI=1S/C10H13NS.C4H5N3O2.C2H6/c1-10(2,9(11)12)8-6-4-3-5-7-8;1-7-4(9)6-3(8)2-5-7;1-2/h3-7H,1-2H3,(H2,11,12);2H,1H3,(H,6,8,9);1-2H3. The maximum absolute atomic E-state index is 10.5. The molecule has 1 aromatic carbocycles. The van der Waals surface area contributed by atoms with Gasteiger partial charge in [0.15, 0.2) is 0 Å². The highest BCUT2D eigenvalue weighted by Crippen LogP contribution is 2.22. The molecule has 0 saturated carbocycles. The van der Waals surface area contributed by atoms with Crippen molar-refractivity contribution in [1.82, 2.24) is 14.8 Å². The Morgan fingerprint density at radius 3 is 2.13 bits per heavy atom. The number of aryl methyl sites for hydroxylation is 1. The molecule has 0 radical (unpaired) electrons. The van der Waals surface area contributed by atoms with Gasteiger partial charge in [-0.15, -0.1) is 0 Å². The fourth-order valence-corrected chi connectivity index (χ4v) is 1.52. The molecule has 23 heavy (non-hydrogen) atoms. The molecule has 0 unspecified atom stereocenters. The van der Waals surface area contributed by atoms with E-state index in [0.29, 0.717) is 4.99 Å². The van der Waals surface area contributed by atoms with Crippen molar-refractivity contribution < 1.29 is 0 Å². The fraction of sp³-hybridized carbons (Fsp3) is 0.375. The van der Waals surface area contributed by atoms with E-state index < -0.39 is 11.2 Å². The highest BCUT2D eigenvalue weighted by atomic mass is 32.1. The summed E-state index contributed by atoms with van der Waals surface area (Å²) in [4.78, 5) is 23.4. The van der Waals surface area contributed by atoms with Crippen molar-refractivity contribution in [2.24, 2.45) is 12.8 Å². The summed E-state index contributed by atoms with van der Waals surface area (Å²) in [6.45, 7) is 8.06. The van der Waals surface area contributed by atoms with Crippen LogP contribution in [0.25, 0.3) is 0 Å². The van der Waals surface area contributed by atoms with Crippen LogP contribution >= 0.6 is 12.2 Å². The maximum atomic E-state index is 10.5. The molecule has 0 fully saturated rings. The molecule has 0 aliphatic carbocycles. The molecule has 2 aromatic rings. The molecule has 6 nitrogen and oxygen atoms in total. The predicted molar refractivity (Wildman–Crippen MR) is 97.7 cm³/mol. The summed E-state index contributed by atoms with van der Waals surface area (Å²) in [5.41, 5.74) is 5.63. The normalized spacial score (nSPS) is 9.78. The molecule has 0 bridgehead atoms. The third-order valence-electron chi connectivity index (χ3n) is 2.98. The molecule has 1 aromatic heterocycles. The number of thiocarbonyl (C=S) groups is 1. The van der Waals surface area contributed by atoms with Gasteiger partial charge in [0.25, 0.3) is 5.56 Å². The molecule has 0 atom stereocenters. The number of rotatable bonds is 2. The largest absolute Gasteiger partial charge is 0.393 e. The monoisotopic (exact) mass is 336 g/mol. The maximum Gasteiger partial charge on any atom is 0.344 e. The highest BCUT2D eigenvalue weighted by molar-refractivity contribution is 7.80. The van der Waals surface area contributed by atoms with Gasteiger partial charge in [-0.2, -0.15) is 5.10 Å². The predicted octanol–water partition coefficient (Wildman–Crippen LogP) is 1.75. The van der Waals surface area contributed by atoms with Crippen LogP contribution in [0.4, 0.5) is 0 Å². The van der Waals surface area contributed by atoms with Crippen LogP contribution in [0.2, 0.25) is 0 Å². The lowest BCUT2D eigenvalue weighted by Crippen LogP contribution is -2.33. The second-order valence-electron chi connectivity index (χ2n) is 4.92. The summed E-state index contributed by atoms with van der Waals surface area (Å²) in [5, 5.41) is 3.44. The molecule has 7 heteroatoms. The van der Waals surface area contributed by atoms with Crippen molar-refractivity contribution >= 4 is 17.2 Å². The summed E-state index contributed by atoms with van der Waals surface area (Å²) < 4.78 is 1.04. The van der Waals surface area contributed by atoms with Crippen LogP contribution in [0.5, 0.6) is 0 Å². The van der Waals surface area contributed by atoms with E-state index in [4.69, 9.17) is 18.0 Å². The van der Waals surface area contributed by atoms with E-state index in [9.17, 15) is 9.59 Å². The Labute approximate surface area is 141 Å². The minimum absolute atomic E-state index is 0.198. The number of nitrogens with zero attached hydrogens (tertiary/aromatic N) is 2. The zero-order valence-corrected chi connectivity index (χ0v) is 15.0. The van der Waals surface area contributed by atoms with Gasteiger partial charge in [-0.05, 0) is 19.4 Å². The molecule has 3 N–H and O–H groups in total. The molecule has 1 heterocycles. The second-order valence-corrected chi connectivity index (χ2v) is 5.36. The van der Waals surface area contributed by atoms with Gasteiger partial charge < -0.3 is 5.73 Å². The first-order valence-corrected chi connectivity index (χ1v) is 7.64. The van der Waals surface area contributed by atoms with E-state index in [2.05, 4.69) is 5.10 Å². The Morgan fingerprint density at radius 1 is 1.22 bits per heavy atom. The van der Waals surface area contributed by atoms with Gasteiger partial charge in [0.05, 0.1) is 4.99 Å². The van der Waals surface area contributed by atoms with Crippen LogP contribution in [0.3, 0.4) is 0 Å². The Bertz CT molecular complexity index is 721. The summed E-state index contributed by atoms with van der Waals surface area (Å²) in [5.74, 6) is 0. The zero-order chi connectivity index (χ0) is 18.0. The van der Waals surface area contributed by atoms with E-state index in [1.807, 2.05) is 63.0 Å². The van der Waals surface area contributed by atoms with Gasteiger partial charge in [0.2, 0.25) is 0 Å². The third kappa shape index (κ3) is 6.56. The van der Waals surface area contributed by atoms with E-state index in [1.54, 1.807) is 0 Å². The second kappa shape index (κ2) is 9.68. The SMILES string of the molecule is CC.CC(C)(C(N)=S)c1ccccc1.Cn1ncc(=O)[nH]c1=O. The first-order valence-electron chi connectivity index (χ1n) is 7.23. The van der Waals surface area contributed by atoms with Gasteiger partial charge >= 0.3 is 5.69 Å². The lowest BCUT2D eigenvalue weighted by Gasteiger charge is -2.23. The summed E-state index contributed by atoms with van der Waals surface area (Å²) >= 11 is 4.99. The quantitative estimate of drug-likeness (QED) is 0.815. The average molecular weight is 336 g/mol. The number of hydrogen-bond acceptors (Lipinski definition) is 4. The first kappa shape index (κ1) is 20.7. The highest BCUT2D eigenvalue weighted by Gasteiger charge is 2.22. The molecule has 0 amide bonds. The van der Waals surface area contributed by atoms with Gasteiger partial charge in [-0.3, -0.25) is 9.78 Å². The van der Waals surface area contributed by atoms with Crippen molar-refractivity contribution in [3.63, 3.8) is 0 Å². The van der Waals surface area contributed by atoms with Crippen LogP contribution in [-0.2, 0) is 12.5 Å². The molecule has 0 saturated heterocycles.